The van der Waals surface area contributed by atoms with Crippen molar-refractivity contribution in [2.75, 3.05) is 5.32 Å². The zero-order chi connectivity index (χ0) is 14.5. The Balaban J connectivity index is 2.95. The summed E-state index contributed by atoms with van der Waals surface area (Å²) < 4.78 is 22.7. The topological polar surface area (TPSA) is 89.3 Å². The molecule has 0 heterocycles. The van der Waals surface area contributed by atoms with Crippen molar-refractivity contribution in [1.29, 1.82) is 0 Å². The molecule has 0 saturated heterocycles. The largest absolute Gasteiger partial charge is 0.322 e. The Labute approximate surface area is 112 Å². The summed E-state index contributed by atoms with van der Waals surface area (Å²) in [5.74, 6) is -0.345. The molecule has 0 saturated carbocycles. The van der Waals surface area contributed by atoms with Crippen LogP contribution in [-0.4, -0.2) is 14.3 Å². The summed E-state index contributed by atoms with van der Waals surface area (Å²) in [5, 5.41) is 7.65. The van der Waals surface area contributed by atoms with Gasteiger partial charge in [-0.1, -0.05) is 24.3 Å². The molecule has 0 bridgehead atoms. The first kappa shape index (κ1) is 15.1. The molecule has 19 heavy (non-hydrogen) atoms. The quantitative estimate of drug-likeness (QED) is 0.650. The van der Waals surface area contributed by atoms with Crippen molar-refractivity contribution in [1.82, 2.24) is 0 Å². The van der Waals surface area contributed by atoms with Gasteiger partial charge in [0.15, 0.2) is 0 Å². The predicted octanol–water partition coefficient (Wildman–Crippen LogP) is 1.71. The molecule has 0 aliphatic rings. The van der Waals surface area contributed by atoms with Gasteiger partial charge in [-0.15, -0.1) is 0 Å². The van der Waals surface area contributed by atoms with Gasteiger partial charge >= 0.3 is 0 Å². The summed E-state index contributed by atoms with van der Waals surface area (Å²) >= 11 is 0. The molecule has 1 rings (SSSR count). The molecule has 0 aliphatic heterocycles. The number of hydrogen-bond donors (Lipinski definition) is 2. The minimum Gasteiger partial charge on any atom is -0.322 e. The monoisotopic (exact) mass is 280 g/mol. The van der Waals surface area contributed by atoms with Crippen molar-refractivity contribution in [2.45, 2.75) is 18.7 Å². The lowest BCUT2D eigenvalue weighted by Crippen LogP contribution is -2.15. The van der Waals surface area contributed by atoms with E-state index in [0.29, 0.717) is 11.3 Å². The second-order valence-corrected chi connectivity index (χ2v) is 5.43. The number of sulfonamides is 1. The van der Waals surface area contributed by atoms with Gasteiger partial charge in [-0.3, -0.25) is 4.79 Å². The summed E-state index contributed by atoms with van der Waals surface area (Å²) in [5.41, 5.74) is 0.912. The van der Waals surface area contributed by atoms with Crippen LogP contribution in [0.5, 0.6) is 0 Å². The van der Waals surface area contributed by atoms with Crippen LogP contribution in [0.15, 0.2) is 47.4 Å². The molecule has 0 fully saturated rings. The van der Waals surface area contributed by atoms with Crippen LogP contribution in [0.25, 0.3) is 0 Å². The highest BCUT2D eigenvalue weighted by Gasteiger charge is 2.12. The second kappa shape index (κ2) is 6.31. The van der Waals surface area contributed by atoms with Crippen LogP contribution in [-0.2, 0) is 14.8 Å². The van der Waals surface area contributed by atoms with Gasteiger partial charge in [0.2, 0.25) is 15.9 Å². The van der Waals surface area contributed by atoms with Crippen molar-refractivity contribution in [3.05, 3.63) is 48.1 Å². The van der Waals surface area contributed by atoms with Crippen molar-refractivity contribution >= 4 is 21.6 Å². The number of aryl methyl sites for hydroxylation is 1. The third-order valence-electron chi connectivity index (χ3n) is 2.31. The number of allylic oxidation sites excluding steroid dienone is 3. The molecule has 5 nitrogen and oxygen atoms in total. The molecule has 1 aromatic carbocycles. The normalized spacial score (nSPS) is 12.2. The Hall–Kier alpha value is -1.92. The third-order valence-corrected chi connectivity index (χ3v) is 3.37. The molecule has 3 N–H and O–H groups in total. The molecule has 0 radical (unpaired) electrons. The number of nitrogens with one attached hydrogen (secondary N) is 1. The number of anilines is 1. The highest BCUT2D eigenvalue weighted by Crippen LogP contribution is 2.18. The lowest BCUT2D eigenvalue weighted by Gasteiger charge is -2.07. The number of primary sulfonamides is 1. The first-order chi connectivity index (χ1) is 8.84. The average Bonchev–Trinajstić information content (AvgIpc) is 2.30. The van der Waals surface area contributed by atoms with Crippen LogP contribution in [0.1, 0.15) is 12.5 Å². The molecule has 0 atom stereocenters. The minimum absolute atomic E-state index is 0.00253. The summed E-state index contributed by atoms with van der Waals surface area (Å²) in [6, 6.07) is 4.54. The molecule has 102 valence electrons. The van der Waals surface area contributed by atoms with Crippen LogP contribution in [0.4, 0.5) is 5.69 Å². The van der Waals surface area contributed by atoms with Crippen LogP contribution >= 0.6 is 0 Å². The fourth-order valence-corrected chi connectivity index (χ4v) is 2.23. The molecule has 1 aromatic rings. The van der Waals surface area contributed by atoms with Crippen LogP contribution in [0.2, 0.25) is 0 Å². The summed E-state index contributed by atoms with van der Waals surface area (Å²) in [4.78, 5) is 11.5. The number of carbonyl (C=O) groups is 1. The minimum atomic E-state index is -3.79. The van der Waals surface area contributed by atoms with E-state index in [-0.39, 0.29) is 10.8 Å². The number of benzene rings is 1. The number of amides is 1. The molecular formula is C13H16N2O3S. The van der Waals surface area contributed by atoms with E-state index in [2.05, 4.69) is 5.32 Å². The second-order valence-electron chi connectivity index (χ2n) is 3.90. The predicted molar refractivity (Wildman–Crippen MR) is 75.1 cm³/mol. The zero-order valence-corrected chi connectivity index (χ0v) is 11.6. The van der Waals surface area contributed by atoms with E-state index in [1.54, 1.807) is 37.3 Å². The number of nitrogens with two attached hydrogens (primary N) is 1. The van der Waals surface area contributed by atoms with Gasteiger partial charge in [0.05, 0.1) is 4.90 Å². The van der Waals surface area contributed by atoms with Gasteiger partial charge in [0.25, 0.3) is 0 Å². The standard InChI is InChI=1S/C13H16N2O3S/c1-3-4-5-6-13(16)15-11-8-7-10(2)12(9-11)19(14,17)18/h3-9H,1-2H3,(H,15,16)(H2,14,17,18)/b4-3+,6-5+. The average molecular weight is 280 g/mol. The van der Waals surface area contributed by atoms with Crippen molar-refractivity contribution in [3.8, 4) is 0 Å². The van der Waals surface area contributed by atoms with Gasteiger partial charge in [0, 0.05) is 11.8 Å². The number of hydrogen-bond acceptors (Lipinski definition) is 3. The first-order valence-corrected chi connectivity index (χ1v) is 7.13. The Morgan fingerprint density at radius 3 is 2.58 bits per heavy atom. The van der Waals surface area contributed by atoms with E-state index >= 15 is 0 Å². The zero-order valence-electron chi connectivity index (χ0n) is 10.8. The van der Waals surface area contributed by atoms with Gasteiger partial charge in [-0.2, -0.15) is 0 Å². The molecule has 0 unspecified atom stereocenters. The lowest BCUT2D eigenvalue weighted by atomic mass is 10.2. The highest BCUT2D eigenvalue weighted by atomic mass is 32.2. The molecule has 0 spiro atoms. The van der Waals surface area contributed by atoms with Gasteiger partial charge in [-0.25, -0.2) is 13.6 Å². The number of rotatable bonds is 4. The van der Waals surface area contributed by atoms with E-state index in [1.807, 2.05) is 6.92 Å². The number of carbonyl (C=O) groups excluding carboxylic acids is 1. The van der Waals surface area contributed by atoms with E-state index in [0.717, 1.165) is 0 Å². The Bertz CT molecular complexity index is 631. The molecule has 0 aliphatic carbocycles. The lowest BCUT2D eigenvalue weighted by molar-refractivity contribution is -0.111. The fraction of sp³-hybridized carbons (Fsp3) is 0.154. The molecular weight excluding hydrogens is 264 g/mol. The third kappa shape index (κ3) is 4.69. The highest BCUT2D eigenvalue weighted by molar-refractivity contribution is 7.89. The van der Waals surface area contributed by atoms with Gasteiger partial charge < -0.3 is 5.32 Å². The van der Waals surface area contributed by atoms with E-state index < -0.39 is 10.0 Å². The van der Waals surface area contributed by atoms with Crippen molar-refractivity contribution in [3.63, 3.8) is 0 Å². The van der Waals surface area contributed by atoms with Crippen molar-refractivity contribution in [2.24, 2.45) is 5.14 Å². The summed E-state index contributed by atoms with van der Waals surface area (Å²) in [6.07, 6.45) is 6.43. The van der Waals surface area contributed by atoms with Gasteiger partial charge in [0.1, 0.15) is 0 Å². The Kier molecular flexibility index (Phi) is 5.02. The Morgan fingerprint density at radius 2 is 2.00 bits per heavy atom. The van der Waals surface area contributed by atoms with Gasteiger partial charge in [-0.05, 0) is 31.5 Å². The van der Waals surface area contributed by atoms with Crippen LogP contribution in [0.3, 0.4) is 0 Å². The molecule has 6 heteroatoms. The SMILES string of the molecule is C/C=C/C=C/C(=O)Nc1ccc(C)c(S(N)(=O)=O)c1. The summed E-state index contributed by atoms with van der Waals surface area (Å²) in [6.45, 7) is 3.47. The maximum atomic E-state index is 11.5. The molecule has 0 aromatic heterocycles. The summed E-state index contributed by atoms with van der Waals surface area (Å²) in [7, 11) is -3.79. The molecule has 1 amide bonds. The van der Waals surface area contributed by atoms with E-state index in [9.17, 15) is 13.2 Å². The fourth-order valence-electron chi connectivity index (χ4n) is 1.42. The smallest absolute Gasteiger partial charge is 0.248 e. The van der Waals surface area contributed by atoms with E-state index in [4.69, 9.17) is 5.14 Å². The Morgan fingerprint density at radius 1 is 1.32 bits per heavy atom. The van der Waals surface area contributed by atoms with E-state index in [1.165, 1.54) is 12.1 Å². The van der Waals surface area contributed by atoms with Crippen molar-refractivity contribution < 1.29 is 13.2 Å². The maximum Gasteiger partial charge on any atom is 0.248 e. The van der Waals surface area contributed by atoms with Crippen LogP contribution in [0, 0.1) is 6.92 Å². The first-order valence-electron chi connectivity index (χ1n) is 5.58. The maximum absolute atomic E-state index is 11.5. The van der Waals surface area contributed by atoms with Crippen LogP contribution < -0.4 is 10.5 Å².